The third-order valence-electron chi connectivity index (χ3n) is 1.78. The zero-order chi connectivity index (χ0) is 11.3. The second kappa shape index (κ2) is 4.82. The largest absolute Gasteiger partial charge is 0.497 e. The number of rotatable bonds is 3. The van der Waals surface area contributed by atoms with Crippen molar-refractivity contribution >= 4 is 12.0 Å². The molecular weight excluding hydrogens is 194 g/mol. The second-order valence-corrected chi connectivity index (χ2v) is 2.75. The molecule has 0 aliphatic carbocycles. The molecule has 0 unspecified atom stereocenters. The minimum Gasteiger partial charge on any atom is -0.497 e. The lowest BCUT2D eigenvalue weighted by Gasteiger charge is -1.99. The average molecular weight is 203 g/mol. The molecular formula is C11H9NO3. The first-order valence-electron chi connectivity index (χ1n) is 4.16. The first-order valence-corrected chi connectivity index (χ1v) is 4.16. The van der Waals surface area contributed by atoms with Gasteiger partial charge in [0.2, 0.25) is 0 Å². The van der Waals surface area contributed by atoms with Crippen LogP contribution < -0.4 is 4.74 Å². The highest BCUT2D eigenvalue weighted by Gasteiger charge is 2.05. The maximum atomic E-state index is 10.5. The summed E-state index contributed by atoms with van der Waals surface area (Å²) < 4.78 is 4.95. The van der Waals surface area contributed by atoms with Gasteiger partial charge in [0.25, 0.3) is 0 Å². The Balaban J connectivity index is 2.98. The van der Waals surface area contributed by atoms with Crippen LogP contribution in [0, 0.1) is 11.3 Å². The zero-order valence-corrected chi connectivity index (χ0v) is 8.10. The molecule has 0 fully saturated rings. The molecule has 0 bridgehead atoms. The molecule has 0 amide bonds. The third kappa shape index (κ3) is 2.85. The fourth-order valence-electron chi connectivity index (χ4n) is 1.01. The summed E-state index contributed by atoms with van der Waals surface area (Å²) in [6.07, 6.45) is 1.31. The van der Waals surface area contributed by atoms with Gasteiger partial charge in [-0.2, -0.15) is 5.26 Å². The smallest absolute Gasteiger partial charge is 0.346 e. The minimum absolute atomic E-state index is 0.292. The molecule has 1 rings (SSSR count). The Morgan fingerprint density at radius 1 is 1.47 bits per heavy atom. The fraction of sp³-hybridized carbons (Fsp3) is 0.0909. The maximum absolute atomic E-state index is 10.5. The van der Waals surface area contributed by atoms with E-state index in [1.165, 1.54) is 6.08 Å². The van der Waals surface area contributed by atoms with Crippen LogP contribution in [-0.4, -0.2) is 18.2 Å². The molecule has 1 aromatic carbocycles. The molecule has 0 aliphatic rings. The first kappa shape index (κ1) is 10.8. The van der Waals surface area contributed by atoms with E-state index >= 15 is 0 Å². The van der Waals surface area contributed by atoms with E-state index in [4.69, 9.17) is 15.1 Å². The standard InChI is InChI=1S/C11H9NO3/c1-15-10-4-2-8(3-5-10)6-9(7-12)11(13)14/h2-6H,1H3,(H,13,14). The molecule has 0 saturated heterocycles. The lowest BCUT2D eigenvalue weighted by atomic mass is 10.1. The fourth-order valence-corrected chi connectivity index (χ4v) is 1.01. The van der Waals surface area contributed by atoms with E-state index in [-0.39, 0.29) is 5.57 Å². The molecule has 0 heterocycles. The molecule has 1 aromatic rings. The highest BCUT2D eigenvalue weighted by Crippen LogP contribution is 2.13. The van der Waals surface area contributed by atoms with Crippen molar-refractivity contribution in [2.45, 2.75) is 0 Å². The van der Waals surface area contributed by atoms with Gasteiger partial charge < -0.3 is 9.84 Å². The highest BCUT2D eigenvalue weighted by molar-refractivity contribution is 5.96. The monoisotopic (exact) mass is 203 g/mol. The number of methoxy groups -OCH3 is 1. The summed E-state index contributed by atoms with van der Waals surface area (Å²) in [6.45, 7) is 0. The van der Waals surface area contributed by atoms with Crippen molar-refractivity contribution in [3.63, 3.8) is 0 Å². The van der Waals surface area contributed by atoms with Crippen LogP contribution in [-0.2, 0) is 4.79 Å². The van der Waals surface area contributed by atoms with Crippen molar-refractivity contribution in [2.24, 2.45) is 0 Å². The van der Waals surface area contributed by atoms with Crippen molar-refractivity contribution in [1.82, 2.24) is 0 Å². The summed E-state index contributed by atoms with van der Waals surface area (Å²) in [7, 11) is 1.54. The van der Waals surface area contributed by atoms with Crippen LogP contribution in [0.25, 0.3) is 6.08 Å². The Morgan fingerprint density at radius 2 is 2.07 bits per heavy atom. The van der Waals surface area contributed by atoms with Crippen molar-refractivity contribution in [1.29, 1.82) is 5.26 Å². The number of carbonyl (C=O) groups is 1. The van der Waals surface area contributed by atoms with E-state index in [9.17, 15) is 4.79 Å². The number of carboxylic acids is 1. The van der Waals surface area contributed by atoms with Crippen molar-refractivity contribution < 1.29 is 14.6 Å². The van der Waals surface area contributed by atoms with Crippen LogP contribution in [0.1, 0.15) is 5.56 Å². The van der Waals surface area contributed by atoms with Crippen molar-refractivity contribution in [2.75, 3.05) is 7.11 Å². The molecule has 15 heavy (non-hydrogen) atoms. The SMILES string of the molecule is COc1ccc(C=C(C#N)C(=O)O)cc1. The lowest BCUT2D eigenvalue weighted by Crippen LogP contribution is -1.97. The van der Waals surface area contributed by atoms with Crippen molar-refractivity contribution in [3.8, 4) is 11.8 Å². The van der Waals surface area contributed by atoms with Gasteiger partial charge in [-0.25, -0.2) is 4.79 Å². The van der Waals surface area contributed by atoms with E-state index in [0.29, 0.717) is 11.3 Å². The van der Waals surface area contributed by atoms with Crippen LogP contribution in [0.4, 0.5) is 0 Å². The van der Waals surface area contributed by atoms with Gasteiger partial charge in [0.15, 0.2) is 0 Å². The van der Waals surface area contributed by atoms with Gasteiger partial charge in [-0.1, -0.05) is 12.1 Å². The highest BCUT2D eigenvalue weighted by atomic mass is 16.5. The third-order valence-corrected chi connectivity index (χ3v) is 1.78. The van der Waals surface area contributed by atoms with Gasteiger partial charge in [-0.3, -0.25) is 0 Å². The van der Waals surface area contributed by atoms with Gasteiger partial charge in [-0.15, -0.1) is 0 Å². The van der Waals surface area contributed by atoms with Gasteiger partial charge in [0.1, 0.15) is 17.4 Å². The first-order chi connectivity index (χ1) is 7.17. The van der Waals surface area contributed by atoms with E-state index < -0.39 is 5.97 Å². The molecule has 4 nitrogen and oxygen atoms in total. The zero-order valence-electron chi connectivity index (χ0n) is 8.10. The van der Waals surface area contributed by atoms with Crippen LogP contribution in [0.15, 0.2) is 29.8 Å². The summed E-state index contributed by atoms with van der Waals surface area (Å²) in [5.41, 5.74) is 0.356. The van der Waals surface area contributed by atoms with Gasteiger partial charge >= 0.3 is 5.97 Å². The van der Waals surface area contributed by atoms with E-state index in [2.05, 4.69) is 0 Å². The summed E-state index contributed by atoms with van der Waals surface area (Å²) >= 11 is 0. The van der Waals surface area contributed by atoms with Crippen LogP contribution in [0.5, 0.6) is 5.75 Å². The minimum atomic E-state index is -1.23. The van der Waals surface area contributed by atoms with Crippen LogP contribution in [0.2, 0.25) is 0 Å². The number of hydrogen-bond donors (Lipinski definition) is 1. The van der Waals surface area contributed by atoms with Gasteiger partial charge in [0.05, 0.1) is 7.11 Å². The topological polar surface area (TPSA) is 70.3 Å². The molecule has 76 valence electrons. The Morgan fingerprint density at radius 3 is 2.47 bits per heavy atom. The van der Waals surface area contributed by atoms with E-state index in [0.717, 1.165) is 0 Å². The Kier molecular flexibility index (Phi) is 3.47. The lowest BCUT2D eigenvalue weighted by molar-refractivity contribution is -0.132. The summed E-state index contributed by atoms with van der Waals surface area (Å²) in [5, 5.41) is 17.2. The maximum Gasteiger partial charge on any atom is 0.346 e. The summed E-state index contributed by atoms with van der Waals surface area (Å²) in [4.78, 5) is 10.5. The Bertz CT molecular complexity index is 426. The molecule has 4 heteroatoms. The van der Waals surface area contributed by atoms with Gasteiger partial charge in [-0.05, 0) is 23.8 Å². The second-order valence-electron chi connectivity index (χ2n) is 2.75. The predicted octanol–water partition coefficient (Wildman–Crippen LogP) is 1.69. The Hall–Kier alpha value is -2.28. The average Bonchev–Trinajstić information content (AvgIpc) is 2.26. The number of carboxylic acid groups (broad SMARTS) is 1. The number of nitriles is 1. The normalized spacial score (nSPS) is 10.5. The molecule has 0 spiro atoms. The van der Waals surface area contributed by atoms with E-state index in [1.807, 2.05) is 0 Å². The number of hydrogen-bond acceptors (Lipinski definition) is 3. The number of nitrogens with zero attached hydrogens (tertiary/aromatic N) is 1. The van der Waals surface area contributed by atoms with Gasteiger partial charge in [0, 0.05) is 0 Å². The number of benzene rings is 1. The Labute approximate surface area is 87.0 Å². The molecule has 0 aromatic heterocycles. The van der Waals surface area contributed by atoms with Crippen LogP contribution >= 0.6 is 0 Å². The summed E-state index contributed by atoms with van der Waals surface area (Å²) in [6, 6.07) is 8.36. The predicted molar refractivity (Wildman–Crippen MR) is 54.2 cm³/mol. The van der Waals surface area contributed by atoms with Crippen LogP contribution in [0.3, 0.4) is 0 Å². The van der Waals surface area contributed by atoms with Crippen molar-refractivity contribution in [3.05, 3.63) is 35.4 Å². The number of aliphatic carboxylic acids is 1. The summed E-state index contributed by atoms with van der Waals surface area (Å²) in [5.74, 6) is -0.547. The molecule has 1 N–H and O–H groups in total. The molecule has 0 saturated carbocycles. The van der Waals surface area contributed by atoms with E-state index in [1.54, 1.807) is 37.4 Å². The molecule has 0 atom stereocenters. The quantitative estimate of drug-likeness (QED) is 0.599. The number of ether oxygens (including phenoxy) is 1. The molecule has 0 aliphatic heterocycles. The molecule has 0 radical (unpaired) electrons.